The number of hydrogen-bond donors (Lipinski definition) is 1. The van der Waals surface area contributed by atoms with Crippen molar-refractivity contribution < 1.29 is 23.8 Å². The molecule has 0 aromatic heterocycles. The quantitative estimate of drug-likeness (QED) is 0.640. The van der Waals surface area contributed by atoms with Crippen LogP contribution in [0.4, 0.5) is 0 Å². The maximum absolute atomic E-state index is 12.5. The lowest BCUT2D eigenvalue weighted by Crippen LogP contribution is -2.25. The largest absolute Gasteiger partial charge is 0.463 e. The van der Waals surface area contributed by atoms with Crippen LogP contribution in [-0.2, 0) is 19.1 Å². The van der Waals surface area contributed by atoms with Crippen LogP contribution in [-0.4, -0.2) is 18.5 Å². The van der Waals surface area contributed by atoms with Crippen LogP contribution in [0.2, 0.25) is 0 Å². The van der Waals surface area contributed by atoms with Gasteiger partial charge in [-0.25, -0.2) is 4.79 Å². The number of nitrogens with two attached hydrogens (primary N) is 1. The van der Waals surface area contributed by atoms with E-state index in [1.54, 1.807) is 39.8 Å². The zero-order valence-corrected chi connectivity index (χ0v) is 16.0. The molecule has 0 saturated carbocycles. The highest BCUT2D eigenvalue weighted by molar-refractivity contribution is 5.92. The molecule has 0 aliphatic carbocycles. The Morgan fingerprint density at radius 2 is 1.85 bits per heavy atom. The number of nitrogens with zero attached hydrogens (tertiary/aromatic N) is 1. The number of nitriles is 1. The van der Waals surface area contributed by atoms with Gasteiger partial charge in [-0.05, 0) is 44.4 Å². The van der Waals surface area contributed by atoms with Gasteiger partial charge in [-0.2, -0.15) is 5.26 Å². The topological polar surface area (TPSA) is 112 Å². The fourth-order valence-corrected chi connectivity index (χ4v) is 3.14. The molecule has 1 aromatic carbocycles. The molecule has 0 fully saturated rings. The van der Waals surface area contributed by atoms with Gasteiger partial charge in [-0.3, -0.25) is 4.79 Å². The number of ether oxygens (including phenoxy) is 3. The van der Waals surface area contributed by atoms with Crippen LogP contribution >= 0.6 is 0 Å². The van der Waals surface area contributed by atoms with Gasteiger partial charge in [0.25, 0.3) is 0 Å². The predicted octanol–water partition coefficient (Wildman–Crippen LogP) is 2.87. The first-order valence-corrected chi connectivity index (χ1v) is 8.46. The van der Waals surface area contributed by atoms with Gasteiger partial charge in [0.1, 0.15) is 23.2 Å². The minimum absolute atomic E-state index is 0.0487. The molecule has 1 atom stereocenters. The standard InChI is InChI=1S/C20H22N2O5/c1-6-25-20(24)16-12(4)26-19(22)15(9-21)17(16)14-7-10(2)18(11(3)8-14)27-13(5)23/h7-8,17H,6,22H2,1-5H3. The molecule has 0 radical (unpaired) electrons. The zero-order chi connectivity index (χ0) is 20.3. The van der Waals surface area contributed by atoms with Gasteiger partial charge >= 0.3 is 11.9 Å². The maximum atomic E-state index is 12.5. The number of carbonyl (C=O) groups is 2. The lowest BCUT2D eigenvalue weighted by atomic mass is 9.82. The van der Waals surface area contributed by atoms with E-state index in [9.17, 15) is 14.9 Å². The molecule has 2 N–H and O–H groups in total. The number of allylic oxidation sites excluding steroid dienone is 2. The van der Waals surface area contributed by atoms with Crippen molar-refractivity contribution in [3.05, 3.63) is 51.6 Å². The van der Waals surface area contributed by atoms with Crippen LogP contribution in [0.3, 0.4) is 0 Å². The van der Waals surface area contributed by atoms with Crippen LogP contribution in [0.5, 0.6) is 5.75 Å². The normalized spacial score (nSPS) is 16.5. The molecule has 7 nitrogen and oxygen atoms in total. The van der Waals surface area contributed by atoms with Crippen LogP contribution in [0, 0.1) is 25.2 Å². The predicted molar refractivity (Wildman–Crippen MR) is 97.2 cm³/mol. The Morgan fingerprint density at radius 3 is 2.33 bits per heavy atom. The van der Waals surface area contributed by atoms with Gasteiger partial charge < -0.3 is 19.9 Å². The third kappa shape index (κ3) is 3.95. The van der Waals surface area contributed by atoms with E-state index in [0.29, 0.717) is 22.4 Å². The van der Waals surface area contributed by atoms with Gasteiger partial charge in [0, 0.05) is 6.92 Å². The highest BCUT2D eigenvalue weighted by Crippen LogP contribution is 2.41. The molecule has 1 aliphatic heterocycles. The molecule has 27 heavy (non-hydrogen) atoms. The van der Waals surface area contributed by atoms with Crippen molar-refractivity contribution in [2.45, 2.75) is 40.5 Å². The number of rotatable bonds is 4. The Hall–Kier alpha value is -3.27. The highest BCUT2D eigenvalue weighted by Gasteiger charge is 2.36. The molecule has 142 valence electrons. The Bertz CT molecular complexity index is 882. The summed E-state index contributed by atoms with van der Waals surface area (Å²) >= 11 is 0. The first kappa shape index (κ1) is 20.0. The Kier molecular flexibility index (Phi) is 5.91. The van der Waals surface area contributed by atoms with Crippen LogP contribution in [0.25, 0.3) is 0 Å². The Balaban J connectivity index is 2.66. The average Bonchev–Trinajstić information content (AvgIpc) is 2.57. The molecule has 7 heteroatoms. The summed E-state index contributed by atoms with van der Waals surface area (Å²) in [6.07, 6.45) is 0. The van der Waals surface area contributed by atoms with Crippen molar-refractivity contribution in [2.24, 2.45) is 5.73 Å². The third-order valence-electron chi connectivity index (χ3n) is 4.16. The third-order valence-corrected chi connectivity index (χ3v) is 4.16. The van der Waals surface area contributed by atoms with Crippen LogP contribution < -0.4 is 10.5 Å². The molecular weight excluding hydrogens is 348 g/mol. The molecule has 1 aromatic rings. The highest BCUT2D eigenvalue weighted by atomic mass is 16.5. The summed E-state index contributed by atoms with van der Waals surface area (Å²) in [4.78, 5) is 23.9. The number of carbonyl (C=O) groups excluding carboxylic acids is 2. The molecule has 1 unspecified atom stereocenters. The molecular formula is C20H22N2O5. The smallest absolute Gasteiger partial charge is 0.338 e. The number of aryl methyl sites for hydroxylation is 2. The number of hydrogen-bond acceptors (Lipinski definition) is 7. The van der Waals surface area contributed by atoms with E-state index in [1.165, 1.54) is 6.92 Å². The van der Waals surface area contributed by atoms with E-state index in [0.717, 1.165) is 0 Å². The summed E-state index contributed by atoms with van der Waals surface area (Å²) < 4.78 is 15.8. The second-order valence-electron chi connectivity index (χ2n) is 6.19. The van der Waals surface area contributed by atoms with E-state index < -0.39 is 17.9 Å². The maximum Gasteiger partial charge on any atom is 0.338 e. The molecule has 0 spiro atoms. The van der Waals surface area contributed by atoms with E-state index in [-0.39, 0.29) is 29.4 Å². The van der Waals surface area contributed by atoms with E-state index in [2.05, 4.69) is 0 Å². The lowest BCUT2D eigenvalue weighted by Gasteiger charge is -2.27. The van der Waals surface area contributed by atoms with Crippen LogP contribution in [0.1, 0.15) is 43.4 Å². The zero-order valence-electron chi connectivity index (χ0n) is 16.0. The van der Waals surface area contributed by atoms with Gasteiger partial charge in [0.15, 0.2) is 0 Å². The first-order chi connectivity index (χ1) is 12.7. The SMILES string of the molecule is CCOC(=O)C1=C(C)OC(N)=C(C#N)C1c1cc(C)c(OC(C)=O)c(C)c1. The fourth-order valence-electron chi connectivity index (χ4n) is 3.14. The van der Waals surface area contributed by atoms with Gasteiger partial charge in [-0.1, -0.05) is 12.1 Å². The van der Waals surface area contributed by atoms with E-state index >= 15 is 0 Å². The summed E-state index contributed by atoms with van der Waals surface area (Å²) in [6.45, 7) is 8.39. The lowest BCUT2D eigenvalue weighted by molar-refractivity contribution is -0.139. The number of benzene rings is 1. The minimum atomic E-state index is -0.730. The van der Waals surface area contributed by atoms with Crippen molar-refractivity contribution in [3.63, 3.8) is 0 Å². The number of esters is 2. The minimum Gasteiger partial charge on any atom is -0.463 e. The van der Waals surface area contributed by atoms with Crippen molar-refractivity contribution in [1.82, 2.24) is 0 Å². The average molecular weight is 370 g/mol. The van der Waals surface area contributed by atoms with Crippen molar-refractivity contribution >= 4 is 11.9 Å². The van der Waals surface area contributed by atoms with Crippen molar-refractivity contribution in [1.29, 1.82) is 5.26 Å². The summed E-state index contributed by atoms with van der Waals surface area (Å²) in [5.74, 6) is -1.04. The van der Waals surface area contributed by atoms with Crippen LogP contribution in [0.15, 0.2) is 34.9 Å². The Labute approximate surface area is 158 Å². The van der Waals surface area contributed by atoms with Gasteiger partial charge in [0.05, 0.1) is 18.1 Å². The molecule has 1 aliphatic rings. The summed E-state index contributed by atoms with van der Waals surface area (Å²) in [5.41, 5.74) is 8.30. The van der Waals surface area contributed by atoms with E-state index in [1.807, 2.05) is 6.07 Å². The molecule has 0 saturated heterocycles. The van der Waals surface area contributed by atoms with E-state index in [4.69, 9.17) is 19.9 Å². The Morgan fingerprint density at radius 1 is 1.26 bits per heavy atom. The van der Waals surface area contributed by atoms with Gasteiger partial charge in [0.2, 0.25) is 5.88 Å². The summed E-state index contributed by atoms with van der Waals surface area (Å²) in [5, 5.41) is 9.61. The molecule has 1 heterocycles. The summed E-state index contributed by atoms with van der Waals surface area (Å²) in [6, 6.07) is 5.56. The second-order valence-corrected chi connectivity index (χ2v) is 6.19. The van der Waals surface area contributed by atoms with Crippen molar-refractivity contribution in [3.8, 4) is 11.8 Å². The second kappa shape index (κ2) is 7.96. The monoisotopic (exact) mass is 370 g/mol. The van der Waals surface area contributed by atoms with Crippen molar-refractivity contribution in [2.75, 3.05) is 6.61 Å². The first-order valence-electron chi connectivity index (χ1n) is 8.46. The molecule has 2 rings (SSSR count). The van der Waals surface area contributed by atoms with Gasteiger partial charge in [-0.15, -0.1) is 0 Å². The fraction of sp³-hybridized carbons (Fsp3) is 0.350. The molecule has 0 bridgehead atoms. The molecule has 0 amide bonds. The summed E-state index contributed by atoms with van der Waals surface area (Å²) in [7, 11) is 0.